The van der Waals surface area contributed by atoms with Crippen molar-refractivity contribution in [1.29, 1.82) is 0 Å². The second-order valence-electron chi connectivity index (χ2n) is 6.68. The summed E-state index contributed by atoms with van der Waals surface area (Å²) < 4.78 is 10.9. The molecule has 7 heteroatoms. The van der Waals surface area contributed by atoms with E-state index in [-0.39, 0.29) is 30.2 Å². The number of rotatable bonds is 6. The van der Waals surface area contributed by atoms with Gasteiger partial charge in [-0.3, -0.25) is 9.78 Å². The Labute approximate surface area is 147 Å². The number of pyridine rings is 1. The van der Waals surface area contributed by atoms with Gasteiger partial charge in [0.05, 0.1) is 6.42 Å². The van der Waals surface area contributed by atoms with E-state index in [0.717, 1.165) is 18.4 Å². The fourth-order valence-corrected chi connectivity index (χ4v) is 2.95. The smallest absolute Gasteiger partial charge is 0.249 e. The molecule has 0 radical (unpaired) electrons. The van der Waals surface area contributed by atoms with Crippen molar-refractivity contribution in [2.75, 3.05) is 13.2 Å². The topological polar surface area (TPSA) is 90.1 Å². The molecule has 1 saturated heterocycles. The zero-order chi connectivity index (χ0) is 17.6. The molecule has 0 bridgehead atoms. The summed E-state index contributed by atoms with van der Waals surface area (Å²) in [7, 11) is 0. The standard InChI is InChI=1S/C18H24N4O3/c1-12(2)17-21-18(25-22-17)16(14-5-8-24-9-6-14)20-15(23)10-13-4-3-7-19-11-13/h3-4,7,11-12,14,16H,5-6,8-10H2,1-2H3,(H,20,23). The molecule has 1 aliphatic rings. The minimum absolute atomic E-state index is 0.0752. The van der Waals surface area contributed by atoms with Crippen LogP contribution in [0.4, 0.5) is 0 Å². The maximum atomic E-state index is 12.5. The normalized spacial score (nSPS) is 16.8. The number of hydrogen-bond donors (Lipinski definition) is 1. The summed E-state index contributed by atoms with van der Waals surface area (Å²) in [6, 6.07) is 3.43. The largest absolute Gasteiger partial charge is 0.381 e. The first-order chi connectivity index (χ1) is 12.1. The number of carbonyl (C=O) groups is 1. The van der Waals surface area contributed by atoms with E-state index in [1.165, 1.54) is 0 Å². The van der Waals surface area contributed by atoms with Crippen molar-refractivity contribution in [2.45, 2.75) is 45.1 Å². The summed E-state index contributed by atoms with van der Waals surface area (Å²) in [4.78, 5) is 21.1. The summed E-state index contributed by atoms with van der Waals surface area (Å²) in [5.41, 5.74) is 0.874. The molecule has 1 fully saturated rings. The molecule has 7 nitrogen and oxygen atoms in total. The Kier molecular flexibility index (Phi) is 5.75. The van der Waals surface area contributed by atoms with Crippen LogP contribution in [0.5, 0.6) is 0 Å². The minimum Gasteiger partial charge on any atom is -0.381 e. The molecule has 0 aromatic carbocycles. The quantitative estimate of drug-likeness (QED) is 0.865. The Bertz CT molecular complexity index is 681. The van der Waals surface area contributed by atoms with Crippen molar-refractivity contribution in [3.8, 4) is 0 Å². The molecule has 25 heavy (non-hydrogen) atoms. The van der Waals surface area contributed by atoms with Gasteiger partial charge in [-0.05, 0) is 30.4 Å². The Balaban J connectivity index is 1.74. The molecule has 1 atom stereocenters. The van der Waals surface area contributed by atoms with Crippen molar-refractivity contribution >= 4 is 5.91 Å². The van der Waals surface area contributed by atoms with Crippen molar-refractivity contribution < 1.29 is 14.1 Å². The fourth-order valence-electron chi connectivity index (χ4n) is 2.95. The Morgan fingerprint density at radius 3 is 2.80 bits per heavy atom. The Morgan fingerprint density at radius 1 is 1.36 bits per heavy atom. The first kappa shape index (κ1) is 17.5. The SMILES string of the molecule is CC(C)c1noc(C(NC(=O)Cc2cccnc2)C2CCOCC2)n1. The molecule has 0 spiro atoms. The third kappa shape index (κ3) is 4.63. The van der Waals surface area contributed by atoms with Crippen molar-refractivity contribution in [3.05, 3.63) is 41.8 Å². The highest BCUT2D eigenvalue weighted by molar-refractivity contribution is 5.78. The summed E-state index contributed by atoms with van der Waals surface area (Å²) in [5.74, 6) is 1.48. The van der Waals surface area contributed by atoms with Crippen LogP contribution in [0, 0.1) is 5.92 Å². The summed E-state index contributed by atoms with van der Waals surface area (Å²) in [6.07, 6.45) is 5.39. The van der Waals surface area contributed by atoms with Crippen LogP contribution in [-0.2, 0) is 16.0 Å². The maximum Gasteiger partial charge on any atom is 0.249 e. The average Bonchev–Trinajstić information content (AvgIpc) is 3.11. The van der Waals surface area contributed by atoms with E-state index in [0.29, 0.717) is 24.9 Å². The molecule has 134 valence electrons. The highest BCUT2D eigenvalue weighted by Gasteiger charge is 2.31. The van der Waals surface area contributed by atoms with Gasteiger partial charge in [0.15, 0.2) is 5.82 Å². The molecule has 1 amide bonds. The molecule has 3 heterocycles. The van der Waals surface area contributed by atoms with Crippen LogP contribution in [0.15, 0.2) is 29.0 Å². The molecule has 0 saturated carbocycles. The van der Waals surface area contributed by atoms with E-state index in [1.54, 1.807) is 12.4 Å². The highest BCUT2D eigenvalue weighted by Crippen LogP contribution is 2.30. The van der Waals surface area contributed by atoms with Crippen molar-refractivity contribution in [3.63, 3.8) is 0 Å². The van der Waals surface area contributed by atoms with Gasteiger partial charge < -0.3 is 14.6 Å². The number of carbonyl (C=O) groups excluding carboxylic acids is 1. The molecule has 2 aromatic rings. The van der Waals surface area contributed by atoms with Gasteiger partial charge in [0.25, 0.3) is 0 Å². The number of aromatic nitrogens is 3. The van der Waals surface area contributed by atoms with Crippen LogP contribution < -0.4 is 5.32 Å². The molecule has 1 aliphatic heterocycles. The van der Waals surface area contributed by atoms with Crippen LogP contribution in [0.3, 0.4) is 0 Å². The highest BCUT2D eigenvalue weighted by atomic mass is 16.5. The monoisotopic (exact) mass is 344 g/mol. The lowest BCUT2D eigenvalue weighted by Gasteiger charge is -2.28. The molecule has 3 rings (SSSR count). The molecular formula is C18H24N4O3. The second-order valence-corrected chi connectivity index (χ2v) is 6.68. The third-order valence-electron chi connectivity index (χ3n) is 4.38. The zero-order valence-corrected chi connectivity index (χ0v) is 14.6. The van der Waals surface area contributed by atoms with Crippen LogP contribution in [-0.4, -0.2) is 34.2 Å². The Morgan fingerprint density at radius 2 is 2.16 bits per heavy atom. The van der Waals surface area contributed by atoms with Crippen LogP contribution >= 0.6 is 0 Å². The molecule has 2 aromatic heterocycles. The lowest BCUT2D eigenvalue weighted by atomic mass is 9.91. The number of amides is 1. The van der Waals surface area contributed by atoms with Crippen molar-refractivity contribution in [2.24, 2.45) is 5.92 Å². The van der Waals surface area contributed by atoms with Gasteiger partial charge in [-0.1, -0.05) is 25.1 Å². The predicted molar refractivity (Wildman–Crippen MR) is 90.8 cm³/mol. The molecule has 1 unspecified atom stereocenters. The third-order valence-corrected chi connectivity index (χ3v) is 4.38. The van der Waals surface area contributed by atoms with Gasteiger partial charge in [0, 0.05) is 31.5 Å². The fraction of sp³-hybridized carbons (Fsp3) is 0.556. The molecule has 1 N–H and O–H groups in total. The van der Waals surface area contributed by atoms with E-state index in [2.05, 4.69) is 20.4 Å². The van der Waals surface area contributed by atoms with E-state index < -0.39 is 0 Å². The lowest BCUT2D eigenvalue weighted by molar-refractivity contribution is -0.122. The van der Waals surface area contributed by atoms with Gasteiger partial charge in [0.1, 0.15) is 6.04 Å². The van der Waals surface area contributed by atoms with Crippen molar-refractivity contribution in [1.82, 2.24) is 20.4 Å². The van der Waals surface area contributed by atoms with Gasteiger partial charge >= 0.3 is 0 Å². The number of nitrogens with zero attached hydrogens (tertiary/aromatic N) is 3. The van der Waals surface area contributed by atoms with E-state index in [4.69, 9.17) is 9.26 Å². The maximum absolute atomic E-state index is 12.5. The van der Waals surface area contributed by atoms with Crippen LogP contribution in [0.2, 0.25) is 0 Å². The van der Waals surface area contributed by atoms with E-state index in [9.17, 15) is 4.79 Å². The first-order valence-corrected chi connectivity index (χ1v) is 8.73. The van der Waals surface area contributed by atoms with Gasteiger partial charge in [0.2, 0.25) is 11.8 Å². The van der Waals surface area contributed by atoms with E-state index in [1.807, 2.05) is 26.0 Å². The summed E-state index contributed by atoms with van der Waals surface area (Å²) in [6.45, 7) is 5.40. The van der Waals surface area contributed by atoms with E-state index >= 15 is 0 Å². The van der Waals surface area contributed by atoms with Gasteiger partial charge in [-0.25, -0.2) is 0 Å². The number of hydrogen-bond acceptors (Lipinski definition) is 6. The summed E-state index contributed by atoms with van der Waals surface area (Å²) in [5, 5.41) is 7.13. The molecule has 0 aliphatic carbocycles. The summed E-state index contributed by atoms with van der Waals surface area (Å²) >= 11 is 0. The van der Waals surface area contributed by atoms with Gasteiger partial charge in [-0.2, -0.15) is 4.98 Å². The minimum atomic E-state index is -0.284. The first-order valence-electron chi connectivity index (χ1n) is 8.73. The lowest BCUT2D eigenvalue weighted by Crippen LogP contribution is -2.37. The second kappa shape index (κ2) is 8.20. The van der Waals surface area contributed by atoms with Crippen LogP contribution in [0.1, 0.15) is 55.9 Å². The van der Waals surface area contributed by atoms with Crippen LogP contribution in [0.25, 0.3) is 0 Å². The molecular weight excluding hydrogens is 320 g/mol. The van der Waals surface area contributed by atoms with Gasteiger partial charge in [-0.15, -0.1) is 0 Å². The number of nitrogens with one attached hydrogen (secondary N) is 1. The average molecular weight is 344 g/mol. The zero-order valence-electron chi connectivity index (χ0n) is 14.6. The number of ether oxygens (including phenoxy) is 1. The predicted octanol–water partition coefficient (Wildman–Crippen LogP) is 2.41. The Hall–Kier alpha value is -2.28.